The molecule has 0 spiro atoms. The first-order chi connectivity index (χ1) is 26.3. The fourth-order valence-corrected chi connectivity index (χ4v) is 8.64. The van der Waals surface area contributed by atoms with Crippen molar-refractivity contribution >= 4 is 27.5 Å². The minimum absolute atomic E-state index is 0.00459. The molecule has 4 heterocycles. The van der Waals surface area contributed by atoms with Gasteiger partial charge in [-0.05, 0) is 62.5 Å². The number of imidazole rings is 1. The van der Waals surface area contributed by atoms with Crippen molar-refractivity contribution in [1.82, 2.24) is 25.1 Å². The summed E-state index contributed by atoms with van der Waals surface area (Å²) in [5, 5.41) is 10.2. The van der Waals surface area contributed by atoms with Gasteiger partial charge in [-0.3, -0.25) is 14.8 Å². The second kappa shape index (κ2) is 12.2. The molecule has 7 aromatic carbocycles. The molecule has 8 aromatic rings. The largest absolute Gasteiger partial charge is 0.366 e. The van der Waals surface area contributed by atoms with Crippen molar-refractivity contribution in [3.05, 3.63) is 198 Å². The predicted molar refractivity (Wildman–Crippen MR) is 215 cm³/mol. The molecule has 3 aliphatic heterocycles. The Balaban J connectivity index is 0.965. The maximum Gasteiger partial charge on any atom is 0.145 e. The molecule has 0 saturated carbocycles. The molecular formula is C48H37N5. The minimum Gasteiger partial charge on any atom is -0.366 e. The molecule has 53 heavy (non-hydrogen) atoms. The highest BCUT2D eigenvalue weighted by molar-refractivity contribution is 6.10. The first-order valence-corrected chi connectivity index (χ1v) is 18.6. The number of aromatic nitrogens is 2. The molecule has 0 bridgehead atoms. The van der Waals surface area contributed by atoms with E-state index in [4.69, 9.17) is 4.98 Å². The molecule has 2 N–H and O–H groups in total. The number of hydrogen-bond donors (Lipinski definition) is 2. The van der Waals surface area contributed by atoms with Crippen LogP contribution in [0.2, 0.25) is 0 Å². The van der Waals surface area contributed by atoms with Crippen molar-refractivity contribution in [2.75, 3.05) is 6.54 Å². The van der Waals surface area contributed by atoms with Crippen LogP contribution in [0.1, 0.15) is 46.1 Å². The first kappa shape index (κ1) is 30.4. The highest BCUT2D eigenvalue weighted by Crippen LogP contribution is 2.51. The van der Waals surface area contributed by atoms with Gasteiger partial charge in [0.05, 0.1) is 17.1 Å². The van der Waals surface area contributed by atoms with Gasteiger partial charge in [-0.1, -0.05) is 152 Å². The molecule has 5 heteroatoms. The van der Waals surface area contributed by atoms with Gasteiger partial charge >= 0.3 is 0 Å². The Labute approximate surface area is 308 Å². The Kier molecular flexibility index (Phi) is 6.97. The maximum absolute atomic E-state index is 5.44. The van der Waals surface area contributed by atoms with Gasteiger partial charge in [-0.2, -0.15) is 0 Å². The Morgan fingerprint density at radius 1 is 0.566 bits per heavy atom. The number of fused-ring (bicyclic) bond motifs is 8. The van der Waals surface area contributed by atoms with Crippen LogP contribution in [0.15, 0.2) is 170 Å². The van der Waals surface area contributed by atoms with Gasteiger partial charge < -0.3 is 5.32 Å². The molecule has 4 unspecified atom stereocenters. The van der Waals surface area contributed by atoms with Crippen LogP contribution in [0.5, 0.6) is 0 Å². The molecule has 0 amide bonds. The number of hydrogen-bond acceptors (Lipinski definition) is 4. The summed E-state index contributed by atoms with van der Waals surface area (Å²) >= 11 is 0. The number of rotatable bonds is 6. The van der Waals surface area contributed by atoms with Crippen LogP contribution in [-0.2, 0) is 6.54 Å². The lowest BCUT2D eigenvalue weighted by molar-refractivity contribution is 0.442. The quantitative estimate of drug-likeness (QED) is 0.171. The van der Waals surface area contributed by atoms with Crippen molar-refractivity contribution < 1.29 is 0 Å². The number of benzene rings is 7. The summed E-state index contributed by atoms with van der Waals surface area (Å²) in [6.07, 6.45) is 2.30. The average Bonchev–Trinajstić information content (AvgIpc) is 3.71. The van der Waals surface area contributed by atoms with Gasteiger partial charge in [0.2, 0.25) is 0 Å². The summed E-state index contributed by atoms with van der Waals surface area (Å²) in [5.41, 5.74) is 14.6. The van der Waals surface area contributed by atoms with E-state index in [1.165, 1.54) is 55.2 Å². The molecule has 0 aliphatic carbocycles. The van der Waals surface area contributed by atoms with Gasteiger partial charge in [0.25, 0.3) is 0 Å². The van der Waals surface area contributed by atoms with E-state index < -0.39 is 0 Å². The Hall–Kier alpha value is -6.27. The first-order valence-electron chi connectivity index (χ1n) is 18.6. The van der Waals surface area contributed by atoms with E-state index in [-0.39, 0.29) is 12.2 Å². The van der Waals surface area contributed by atoms with Crippen molar-refractivity contribution in [3.8, 4) is 28.2 Å². The van der Waals surface area contributed by atoms with Gasteiger partial charge in [-0.15, -0.1) is 0 Å². The number of nitrogens with one attached hydrogen (secondary N) is 2. The maximum atomic E-state index is 5.44. The molecule has 1 saturated heterocycles. The van der Waals surface area contributed by atoms with E-state index in [1.807, 2.05) is 0 Å². The van der Waals surface area contributed by atoms with Gasteiger partial charge in [0.1, 0.15) is 12.0 Å². The SMILES string of the molecule is C1=C(c2ccc(-c3ccc(-n4c(-c5ccccc5)nc5c6c(c7ccccc7c54)C4CN4C6)cc3)cc2)NC(c2ccccc2)NC1c1ccccc1. The summed E-state index contributed by atoms with van der Waals surface area (Å²) in [7, 11) is 0. The third-order valence-corrected chi connectivity index (χ3v) is 11.3. The van der Waals surface area contributed by atoms with Crippen LogP contribution in [0.25, 0.3) is 55.7 Å². The van der Waals surface area contributed by atoms with E-state index in [2.05, 4.69) is 190 Å². The van der Waals surface area contributed by atoms with Crippen molar-refractivity contribution in [2.24, 2.45) is 0 Å². The second-order valence-corrected chi connectivity index (χ2v) is 14.5. The van der Waals surface area contributed by atoms with Crippen molar-refractivity contribution in [1.29, 1.82) is 0 Å². The lowest BCUT2D eigenvalue weighted by atomic mass is 9.96. The average molecular weight is 684 g/mol. The van der Waals surface area contributed by atoms with Gasteiger partial charge in [-0.25, -0.2) is 4.98 Å². The summed E-state index contributed by atoms with van der Waals surface area (Å²) in [4.78, 5) is 7.99. The van der Waals surface area contributed by atoms with E-state index >= 15 is 0 Å². The minimum atomic E-state index is -0.00459. The summed E-state index contributed by atoms with van der Waals surface area (Å²) in [5.74, 6) is 0.984. The molecule has 1 aromatic heterocycles. The van der Waals surface area contributed by atoms with Crippen LogP contribution in [-0.4, -0.2) is 21.0 Å². The third-order valence-electron chi connectivity index (χ3n) is 11.3. The van der Waals surface area contributed by atoms with E-state index in [0.717, 1.165) is 41.4 Å². The van der Waals surface area contributed by atoms with Crippen LogP contribution in [0.4, 0.5) is 0 Å². The zero-order valence-corrected chi connectivity index (χ0v) is 29.2. The fourth-order valence-electron chi connectivity index (χ4n) is 8.64. The second-order valence-electron chi connectivity index (χ2n) is 14.5. The molecule has 11 rings (SSSR count). The van der Waals surface area contributed by atoms with Crippen LogP contribution in [0.3, 0.4) is 0 Å². The topological polar surface area (TPSA) is 44.9 Å². The highest BCUT2D eigenvalue weighted by Gasteiger charge is 2.45. The standard InChI is InChI=1S/C48H37N5/c1-4-12-33(13-5-1)41-28-42(50-47(49-41)35-14-6-2-7-15-35)34-22-20-31(21-23-34)32-24-26-37(27-25-32)53-46-39-19-11-10-18-38(39)44-40(29-52-30-43(44)52)45(46)51-48(53)36-16-8-3-9-17-36/h1-28,41,43,47,49-50H,29-30H2. The van der Waals surface area contributed by atoms with Crippen LogP contribution in [0, 0.1) is 0 Å². The van der Waals surface area contributed by atoms with E-state index in [9.17, 15) is 0 Å². The molecule has 254 valence electrons. The normalized spacial score (nSPS) is 20.1. The molecule has 3 aliphatic rings. The van der Waals surface area contributed by atoms with E-state index in [1.54, 1.807) is 0 Å². The predicted octanol–water partition coefficient (Wildman–Crippen LogP) is 10.4. The summed E-state index contributed by atoms with van der Waals surface area (Å²) in [6, 6.07) is 59.4. The zero-order valence-electron chi connectivity index (χ0n) is 29.2. The molecule has 0 radical (unpaired) electrons. The Morgan fingerprint density at radius 2 is 1.17 bits per heavy atom. The molecule has 4 atom stereocenters. The summed E-state index contributed by atoms with van der Waals surface area (Å²) < 4.78 is 2.39. The molecule has 1 fully saturated rings. The Morgan fingerprint density at radius 3 is 1.89 bits per heavy atom. The third kappa shape index (κ3) is 5.12. The van der Waals surface area contributed by atoms with Crippen molar-refractivity contribution in [3.63, 3.8) is 0 Å². The lowest BCUT2D eigenvalue weighted by Crippen LogP contribution is -2.39. The molecular weight excluding hydrogens is 647 g/mol. The van der Waals surface area contributed by atoms with Gasteiger partial charge in [0, 0.05) is 41.5 Å². The fraction of sp³-hybridized carbons (Fsp3) is 0.104. The number of nitrogens with zero attached hydrogens (tertiary/aromatic N) is 3. The monoisotopic (exact) mass is 683 g/mol. The van der Waals surface area contributed by atoms with E-state index in [0.29, 0.717) is 6.04 Å². The van der Waals surface area contributed by atoms with Crippen LogP contribution >= 0.6 is 0 Å². The van der Waals surface area contributed by atoms with Gasteiger partial charge in [0.15, 0.2) is 0 Å². The lowest BCUT2D eigenvalue weighted by Gasteiger charge is -2.33. The smallest absolute Gasteiger partial charge is 0.145 e. The zero-order chi connectivity index (χ0) is 34.9. The van der Waals surface area contributed by atoms with Crippen LogP contribution < -0.4 is 10.6 Å². The highest BCUT2D eigenvalue weighted by atomic mass is 15.3. The Bertz CT molecular complexity index is 2660. The molecule has 5 nitrogen and oxygen atoms in total. The van der Waals surface area contributed by atoms with Crippen molar-refractivity contribution in [2.45, 2.75) is 24.8 Å². The summed E-state index contributed by atoms with van der Waals surface area (Å²) in [6.45, 7) is 2.13.